The van der Waals surface area contributed by atoms with Crippen molar-refractivity contribution < 1.29 is 30.0 Å². The predicted molar refractivity (Wildman–Crippen MR) is 98.3 cm³/mol. The fourth-order valence-electron chi connectivity index (χ4n) is 2.19. The topological polar surface area (TPSA) is 165 Å². The number of aliphatic hydroxyl groups excluding tert-OH is 4. The number of hydrogen-bond acceptors (Lipinski definition) is 8. The van der Waals surface area contributed by atoms with Gasteiger partial charge < -0.3 is 31.1 Å². The molecule has 28 heavy (non-hydrogen) atoms. The van der Waals surface area contributed by atoms with Crippen LogP contribution < -0.4 is 10.6 Å². The summed E-state index contributed by atoms with van der Waals surface area (Å²) in [5.74, 6) is -0.955. The normalized spacial score (nSPS) is 10.9. The van der Waals surface area contributed by atoms with E-state index in [4.69, 9.17) is 20.4 Å². The second kappa shape index (κ2) is 10.4. The Morgan fingerprint density at radius 3 is 1.32 bits per heavy atom. The number of carbonyl (C=O) groups excluding carboxylic acids is 2. The van der Waals surface area contributed by atoms with Gasteiger partial charge in [0, 0.05) is 12.4 Å². The average Bonchev–Trinajstić information content (AvgIpc) is 2.75. The van der Waals surface area contributed by atoms with E-state index in [1.807, 2.05) is 0 Å². The van der Waals surface area contributed by atoms with E-state index in [9.17, 15) is 9.59 Å². The van der Waals surface area contributed by atoms with Crippen molar-refractivity contribution in [3.63, 3.8) is 0 Å². The van der Waals surface area contributed by atoms with Crippen LogP contribution in [0.3, 0.4) is 0 Å². The lowest BCUT2D eigenvalue weighted by molar-refractivity contribution is 0.0873. The lowest BCUT2D eigenvalue weighted by Gasteiger charge is -2.13. The number of nitrogens with one attached hydrogen (secondary N) is 2. The van der Waals surface area contributed by atoms with Gasteiger partial charge in [0.15, 0.2) is 0 Å². The minimum atomic E-state index is -0.746. The van der Waals surface area contributed by atoms with E-state index in [0.717, 1.165) is 0 Å². The third-order valence-corrected chi connectivity index (χ3v) is 3.87. The Bertz CT molecular complexity index is 706. The van der Waals surface area contributed by atoms with Gasteiger partial charge in [-0.05, 0) is 24.3 Å². The summed E-state index contributed by atoms with van der Waals surface area (Å²) in [6, 6.07) is 4.72. The maximum Gasteiger partial charge on any atom is 0.253 e. The van der Waals surface area contributed by atoms with Crippen molar-refractivity contribution in [3.05, 3.63) is 47.8 Å². The van der Waals surface area contributed by atoms with Gasteiger partial charge in [0.05, 0.1) is 61.0 Å². The van der Waals surface area contributed by atoms with Gasteiger partial charge >= 0.3 is 0 Å². The number of pyridine rings is 2. The second-order valence-corrected chi connectivity index (χ2v) is 5.94. The van der Waals surface area contributed by atoms with Gasteiger partial charge in [0.2, 0.25) is 0 Å². The van der Waals surface area contributed by atoms with Crippen molar-refractivity contribution in [1.82, 2.24) is 20.6 Å². The van der Waals surface area contributed by atoms with Gasteiger partial charge in [-0.3, -0.25) is 19.6 Å². The highest BCUT2D eigenvalue weighted by molar-refractivity contribution is 5.95. The molecule has 0 radical (unpaired) electrons. The molecule has 0 aliphatic carbocycles. The summed E-state index contributed by atoms with van der Waals surface area (Å²) in [7, 11) is 0. The third-order valence-electron chi connectivity index (χ3n) is 3.87. The number of nitrogens with zero attached hydrogens (tertiary/aromatic N) is 2. The zero-order valence-corrected chi connectivity index (χ0v) is 14.9. The first-order valence-electron chi connectivity index (χ1n) is 8.50. The average molecular weight is 390 g/mol. The van der Waals surface area contributed by atoms with Gasteiger partial charge in [0.25, 0.3) is 11.8 Å². The Balaban J connectivity index is 2.06. The van der Waals surface area contributed by atoms with Gasteiger partial charge in [-0.25, -0.2) is 0 Å². The fourth-order valence-corrected chi connectivity index (χ4v) is 2.19. The molecule has 0 aliphatic rings. The van der Waals surface area contributed by atoms with Gasteiger partial charge in [-0.2, -0.15) is 0 Å². The lowest BCUT2D eigenvalue weighted by Crippen LogP contribution is -2.40. The van der Waals surface area contributed by atoms with Crippen molar-refractivity contribution >= 4 is 11.8 Å². The Morgan fingerprint density at radius 1 is 0.714 bits per heavy atom. The summed E-state index contributed by atoms with van der Waals surface area (Å²) < 4.78 is 0. The van der Waals surface area contributed by atoms with Crippen LogP contribution in [0.4, 0.5) is 0 Å². The first kappa shape index (κ1) is 21.4. The first-order valence-corrected chi connectivity index (χ1v) is 8.50. The van der Waals surface area contributed by atoms with E-state index in [0.29, 0.717) is 11.4 Å². The molecule has 0 fully saturated rings. The Labute approximate surface area is 160 Å². The minimum Gasteiger partial charge on any atom is -0.394 e. The highest BCUT2D eigenvalue weighted by atomic mass is 16.3. The van der Waals surface area contributed by atoms with Crippen LogP contribution in [0.1, 0.15) is 20.7 Å². The molecule has 2 aromatic rings. The third kappa shape index (κ3) is 5.54. The van der Waals surface area contributed by atoms with E-state index < -0.39 is 23.9 Å². The number of aliphatic hydroxyl groups is 4. The van der Waals surface area contributed by atoms with Crippen molar-refractivity contribution in [2.24, 2.45) is 0 Å². The molecule has 150 valence electrons. The van der Waals surface area contributed by atoms with E-state index in [1.54, 1.807) is 12.1 Å². The van der Waals surface area contributed by atoms with Crippen LogP contribution in [0.5, 0.6) is 0 Å². The molecule has 6 N–H and O–H groups in total. The molecule has 0 unspecified atom stereocenters. The zero-order chi connectivity index (χ0) is 20.5. The van der Waals surface area contributed by atoms with Crippen LogP contribution in [-0.4, -0.2) is 80.7 Å². The molecule has 0 spiro atoms. The lowest BCUT2D eigenvalue weighted by atomic mass is 10.1. The maximum absolute atomic E-state index is 12.0. The quantitative estimate of drug-likeness (QED) is 0.295. The molecule has 0 saturated carbocycles. The molecule has 0 aliphatic heterocycles. The van der Waals surface area contributed by atoms with Crippen LogP contribution in [-0.2, 0) is 0 Å². The Kier molecular flexibility index (Phi) is 7.96. The Hall–Kier alpha value is -2.92. The molecule has 0 saturated heterocycles. The van der Waals surface area contributed by atoms with Crippen LogP contribution in [0.25, 0.3) is 11.4 Å². The summed E-state index contributed by atoms with van der Waals surface area (Å²) in [4.78, 5) is 32.3. The number of rotatable bonds is 9. The van der Waals surface area contributed by atoms with E-state index in [-0.39, 0.29) is 37.6 Å². The number of aromatic nitrogens is 2. The summed E-state index contributed by atoms with van der Waals surface area (Å²) in [5.41, 5.74) is 1.47. The van der Waals surface area contributed by atoms with Crippen LogP contribution in [0.15, 0.2) is 36.7 Å². The minimum absolute atomic E-state index is 0.255. The zero-order valence-electron chi connectivity index (χ0n) is 14.9. The first-order chi connectivity index (χ1) is 13.5. The largest absolute Gasteiger partial charge is 0.394 e. The Morgan fingerprint density at radius 2 is 1.07 bits per heavy atom. The highest BCUT2D eigenvalue weighted by Crippen LogP contribution is 2.15. The van der Waals surface area contributed by atoms with Crippen LogP contribution in [0.2, 0.25) is 0 Å². The summed E-state index contributed by atoms with van der Waals surface area (Å²) in [6.45, 7) is -1.52. The number of carbonyl (C=O) groups is 2. The SMILES string of the molecule is O=C(NC(CO)CO)c1ccc(-c2ccc(C(=O)NC(CO)CO)cn2)nc1. The van der Waals surface area contributed by atoms with Gasteiger partial charge in [-0.1, -0.05) is 0 Å². The van der Waals surface area contributed by atoms with E-state index in [1.165, 1.54) is 24.5 Å². The van der Waals surface area contributed by atoms with Crippen LogP contribution in [0, 0.1) is 0 Å². The summed E-state index contributed by atoms with van der Waals surface area (Å²) in [6.07, 6.45) is 2.68. The van der Waals surface area contributed by atoms with Gasteiger partial charge in [0.1, 0.15) is 0 Å². The maximum atomic E-state index is 12.0. The molecule has 0 bridgehead atoms. The van der Waals surface area contributed by atoms with E-state index >= 15 is 0 Å². The highest BCUT2D eigenvalue weighted by Gasteiger charge is 2.14. The molecule has 0 atom stereocenters. The molecular formula is C18H22N4O6. The summed E-state index contributed by atoms with van der Waals surface area (Å²) >= 11 is 0. The van der Waals surface area contributed by atoms with Crippen molar-refractivity contribution in [1.29, 1.82) is 0 Å². The smallest absolute Gasteiger partial charge is 0.253 e. The molecular weight excluding hydrogens is 368 g/mol. The molecule has 10 heteroatoms. The van der Waals surface area contributed by atoms with E-state index in [2.05, 4.69) is 20.6 Å². The van der Waals surface area contributed by atoms with Crippen molar-refractivity contribution in [2.75, 3.05) is 26.4 Å². The van der Waals surface area contributed by atoms with Crippen LogP contribution >= 0.6 is 0 Å². The monoisotopic (exact) mass is 390 g/mol. The molecule has 2 amide bonds. The summed E-state index contributed by atoms with van der Waals surface area (Å²) in [5, 5.41) is 40.9. The molecule has 10 nitrogen and oxygen atoms in total. The van der Waals surface area contributed by atoms with Gasteiger partial charge in [-0.15, -0.1) is 0 Å². The van der Waals surface area contributed by atoms with Crippen molar-refractivity contribution in [3.8, 4) is 11.4 Å². The molecule has 2 aromatic heterocycles. The number of amides is 2. The standard InChI is InChI=1S/C18H22N4O6/c23-7-13(8-24)21-17(27)11-1-3-15(19-5-11)16-4-2-12(6-20-16)18(28)22-14(9-25)10-26/h1-6,13-14,23-26H,7-10H2,(H,21,27)(H,22,28). The predicted octanol–water partition coefficient (Wildman–Crippen LogP) is -1.69. The molecule has 0 aromatic carbocycles. The molecule has 2 heterocycles. The second-order valence-electron chi connectivity index (χ2n) is 5.94. The number of hydrogen-bond donors (Lipinski definition) is 6. The van der Waals surface area contributed by atoms with Crippen molar-refractivity contribution in [2.45, 2.75) is 12.1 Å². The fraction of sp³-hybridized carbons (Fsp3) is 0.333. The molecule has 2 rings (SSSR count).